The molecule has 3 aliphatic carbocycles. The number of hydrogen-bond acceptors (Lipinski definition) is 0. The van der Waals surface area contributed by atoms with Crippen LogP contribution in [0.5, 0.6) is 0 Å². The van der Waals surface area contributed by atoms with Crippen molar-refractivity contribution in [1.82, 2.24) is 0 Å². The summed E-state index contributed by atoms with van der Waals surface area (Å²) in [7, 11) is 0. The van der Waals surface area contributed by atoms with Crippen molar-refractivity contribution in [3.63, 3.8) is 0 Å². The fourth-order valence-corrected chi connectivity index (χ4v) is 7.39. The molecular formula is C31H39F3. The summed E-state index contributed by atoms with van der Waals surface area (Å²) in [5, 5.41) is 0. The van der Waals surface area contributed by atoms with E-state index in [-0.39, 0.29) is 23.4 Å². The van der Waals surface area contributed by atoms with Crippen LogP contribution in [0.4, 0.5) is 13.2 Å². The van der Waals surface area contributed by atoms with Gasteiger partial charge in [-0.15, -0.1) is 0 Å². The molecule has 3 heteroatoms. The summed E-state index contributed by atoms with van der Waals surface area (Å²) in [6, 6.07) is 10.4. The molecule has 0 heterocycles. The molecule has 0 radical (unpaired) electrons. The van der Waals surface area contributed by atoms with Gasteiger partial charge in [-0.1, -0.05) is 31.9 Å². The average Bonchev–Trinajstić information content (AvgIpc) is 2.85. The van der Waals surface area contributed by atoms with E-state index >= 15 is 8.78 Å². The first-order valence-corrected chi connectivity index (χ1v) is 13.7. The molecule has 0 aromatic heterocycles. The second-order valence-corrected chi connectivity index (χ2v) is 11.6. The molecule has 3 fully saturated rings. The largest absolute Gasteiger partial charge is 0.207 e. The Bertz CT molecular complexity index is 935. The van der Waals surface area contributed by atoms with Crippen LogP contribution in [-0.2, 0) is 0 Å². The summed E-state index contributed by atoms with van der Waals surface area (Å²) in [4.78, 5) is 0. The van der Waals surface area contributed by atoms with E-state index < -0.39 is 0 Å². The Morgan fingerprint density at radius 2 is 1.06 bits per heavy atom. The lowest BCUT2D eigenvalue weighted by molar-refractivity contribution is 0.175. The Morgan fingerprint density at radius 1 is 0.559 bits per heavy atom. The summed E-state index contributed by atoms with van der Waals surface area (Å²) in [6.07, 6.45) is 13.0. The van der Waals surface area contributed by atoms with Gasteiger partial charge in [-0.3, -0.25) is 0 Å². The molecule has 0 atom stereocenters. The molecule has 0 aliphatic heterocycles. The van der Waals surface area contributed by atoms with Gasteiger partial charge in [0, 0.05) is 5.56 Å². The van der Waals surface area contributed by atoms with Gasteiger partial charge in [0.15, 0.2) is 0 Å². The highest BCUT2D eigenvalue weighted by Crippen LogP contribution is 2.47. The molecule has 34 heavy (non-hydrogen) atoms. The van der Waals surface area contributed by atoms with Crippen molar-refractivity contribution in [3.8, 4) is 0 Å². The lowest BCUT2D eigenvalue weighted by atomic mass is 9.67. The first kappa shape index (κ1) is 23.9. The van der Waals surface area contributed by atoms with Gasteiger partial charge in [0.1, 0.15) is 17.5 Å². The molecule has 0 saturated heterocycles. The van der Waals surface area contributed by atoms with Crippen LogP contribution in [0.1, 0.15) is 118 Å². The van der Waals surface area contributed by atoms with E-state index in [2.05, 4.69) is 13.0 Å². The lowest BCUT2D eigenvalue weighted by Crippen LogP contribution is -2.25. The number of hydrogen-bond donors (Lipinski definition) is 0. The van der Waals surface area contributed by atoms with Gasteiger partial charge in [0.05, 0.1) is 0 Å². The van der Waals surface area contributed by atoms with Crippen molar-refractivity contribution in [1.29, 1.82) is 0 Å². The molecule has 2 aromatic carbocycles. The fraction of sp³-hybridized carbons (Fsp3) is 0.613. The molecule has 0 nitrogen and oxygen atoms in total. The quantitative estimate of drug-likeness (QED) is 0.419. The molecule has 0 unspecified atom stereocenters. The van der Waals surface area contributed by atoms with Crippen molar-refractivity contribution in [2.24, 2.45) is 17.8 Å². The second kappa shape index (κ2) is 10.5. The van der Waals surface area contributed by atoms with Gasteiger partial charge < -0.3 is 0 Å². The van der Waals surface area contributed by atoms with Crippen LogP contribution in [0.2, 0.25) is 0 Å². The molecule has 0 amide bonds. The molecule has 0 N–H and O–H groups in total. The first-order valence-electron chi connectivity index (χ1n) is 13.7. The van der Waals surface area contributed by atoms with Crippen LogP contribution < -0.4 is 0 Å². The molecule has 3 saturated carbocycles. The highest BCUT2D eigenvalue weighted by Gasteiger charge is 2.34. The van der Waals surface area contributed by atoms with Crippen LogP contribution in [0, 0.1) is 35.2 Å². The summed E-state index contributed by atoms with van der Waals surface area (Å²) >= 11 is 0. The van der Waals surface area contributed by atoms with Crippen LogP contribution >= 0.6 is 0 Å². The standard InChI is InChI=1S/C31H39F3/c1-20-5-7-24(8-6-20)27-18-29(33)31(30(34)19-27)25-15-13-22(14-16-25)21-9-11-23(12-10-21)26-3-2-4-28(32)17-26/h2-4,17-25H,5-16H2,1H3. The Hall–Kier alpha value is -1.77. The van der Waals surface area contributed by atoms with Crippen molar-refractivity contribution in [2.45, 2.75) is 102 Å². The van der Waals surface area contributed by atoms with Crippen molar-refractivity contribution >= 4 is 0 Å². The Labute approximate surface area is 203 Å². The van der Waals surface area contributed by atoms with E-state index in [0.717, 1.165) is 81.3 Å². The van der Waals surface area contributed by atoms with Gasteiger partial charge in [0.25, 0.3) is 0 Å². The van der Waals surface area contributed by atoms with E-state index in [1.165, 1.54) is 18.9 Å². The predicted octanol–water partition coefficient (Wildman–Crippen LogP) is 9.65. The topological polar surface area (TPSA) is 0 Å². The first-order chi connectivity index (χ1) is 16.5. The van der Waals surface area contributed by atoms with Gasteiger partial charge in [-0.2, -0.15) is 0 Å². The third-order valence-corrected chi connectivity index (χ3v) is 9.53. The van der Waals surface area contributed by atoms with Crippen LogP contribution in [0.15, 0.2) is 36.4 Å². The zero-order valence-corrected chi connectivity index (χ0v) is 20.5. The molecule has 5 rings (SSSR count). The smallest absolute Gasteiger partial charge is 0.129 e. The second-order valence-electron chi connectivity index (χ2n) is 11.6. The maximum absolute atomic E-state index is 15.1. The van der Waals surface area contributed by atoms with Gasteiger partial charge >= 0.3 is 0 Å². The number of halogens is 3. The highest BCUT2D eigenvalue weighted by molar-refractivity contribution is 5.32. The van der Waals surface area contributed by atoms with E-state index in [9.17, 15) is 4.39 Å². The van der Waals surface area contributed by atoms with Crippen molar-refractivity contribution < 1.29 is 13.2 Å². The third kappa shape index (κ3) is 5.24. The summed E-state index contributed by atoms with van der Waals surface area (Å²) in [5.41, 5.74) is 2.36. The number of rotatable bonds is 4. The number of benzene rings is 2. The third-order valence-electron chi connectivity index (χ3n) is 9.53. The Kier molecular flexibility index (Phi) is 7.37. The minimum atomic E-state index is -0.312. The lowest BCUT2D eigenvalue weighted by Gasteiger charge is -2.38. The molecule has 0 bridgehead atoms. The zero-order valence-electron chi connectivity index (χ0n) is 20.5. The molecule has 0 spiro atoms. The summed E-state index contributed by atoms with van der Waals surface area (Å²) < 4.78 is 43.9. The molecule has 2 aromatic rings. The molecule has 184 valence electrons. The minimum absolute atomic E-state index is 0.0142. The van der Waals surface area contributed by atoms with Crippen molar-refractivity contribution in [2.75, 3.05) is 0 Å². The van der Waals surface area contributed by atoms with E-state index in [1.54, 1.807) is 18.2 Å². The maximum Gasteiger partial charge on any atom is 0.129 e. The van der Waals surface area contributed by atoms with E-state index in [0.29, 0.717) is 29.2 Å². The van der Waals surface area contributed by atoms with Crippen molar-refractivity contribution in [3.05, 3.63) is 70.5 Å². The zero-order chi connectivity index (χ0) is 23.7. The Morgan fingerprint density at radius 3 is 1.62 bits per heavy atom. The minimum Gasteiger partial charge on any atom is -0.207 e. The SMILES string of the molecule is CC1CCC(c2cc(F)c(C3CCC(C4CCC(c5cccc(F)c5)CC4)CC3)c(F)c2)CC1. The summed E-state index contributed by atoms with van der Waals surface area (Å²) in [5.74, 6) is 2.14. The predicted molar refractivity (Wildman–Crippen MR) is 133 cm³/mol. The summed E-state index contributed by atoms with van der Waals surface area (Å²) in [6.45, 7) is 2.27. The van der Waals surface area contributed by atoms with Gasteiger partial charge in [0.2, 0.25) is 0 Å². The average molecular weight is 469 g/mol. The maximum atomic E-state index is 15.1. The van der Waals surface area contributed by atoms with Crippen LogP contribution in [0.25, 0.3) is 0 Å². The van der Waals surface area contributed by atoms with Crippen LogP contribution in [0.3, 0.4) is 0 Å². The fourth-order valence-electron chi connectivity index (χ4n) is 7.39. The van der Waals surface area contributed by atoms with E-state index in [1.807, 2.05) is 6.07 Å². The van der Waals surface area contributed by atoms with Gasteiger partial charge in [-0.05, 0) is 135 Å². The highest BCUT2D eigenvalue weighted by atomic mass is 19.1. The molecular weight excluding hydrogens is 429 g/mol. The Balaban J connectivity index is 1.16. The van der Waals surface area contributed by atoms with Crippen LogP contribution in [-0.4, -0.2) is 0 Å². The monoisotopic (exact) mass is 468 g/mol. The van der Waals surface area contributed by atoms with E-state index in [4.69, 9.17) is 0 Å². The normalized spacial score (nSPS) is 32.5. The molecule has 3 aliphatic rings. The van der Waals surface area contributed by atoms with Gasteiger partial charge in [-0.25, -0.2) is 13.2 Å².